The average Bonchev–Trinajstić information content (AvgIpc) is 2.58. The third kappa shape index (κ3) is 5.82. The van der Waals surface area contributed by atoms with E-state index in [1.54, 1.807) is 19.3 Å². The first kappa shape index (κ1) is 21.0. The highest BCUT2D eigenvalue weighted by molar-refractivity contribution is 6.05. The molecule has 0 saturated carbocycles. The van der Waals surface area contributed by atoms with E-state index in [4.69, 9.17) is 9.47 Å². The molecule has 0 N–H and O–H groups in total. The standard InChI is InChI=1S/C21H30N2O4/c1-21(2,3)27-20(25)23(6)14-19-17-9-7-8-16(15(17)11-13-26-19)18(24)10-12-22(4)5/h7-10,12,19H,11,13-14H2,1-6H3/b12-10+. The summed E-state index contributed by atoms with van der Waals surface area (Å²) in [6.45, 7) is 6.40. The Balaban J connectivity index is 2.20. The molecule has 0 bridgehead atoms. The molecule has 1 amide bonds. The van der Waals surface area contributed by atoms with Crippen LogP contribution in [0.1, 0.15) is 48.4 Å². The van der Waals surface area contributed by atoms with Crippen LogP contribution < -0.4 is 0 Å². The van der Waals surface area contributed by atoms with Crippen LogP contribution in [-0.4, -0.2) is 61.6 Å². The number of hydrogen-bond acceptors (Lipinski definition) is 5. The molecule has 6 heteroatoms. The maximum absolute atomic E-state index is 12.6. The van der Waals surface area contributed by atoms with Crippen LogP contribution in [0.4, 0.5) is 4.79 Å². The summed E-state index contributed by atoms with van der Waals surface area (Å²) in [4.78, 5) is 28.2. The van der Waals surface area contributed by atoms with Crippen molar-refractivity contribution >= 4 is 11.9 Å². The molecule has 27 heavy (non-hydrogen) atoms. The fraction of sp³-hybridized carbons (Fsp3) is 0.524. The van der Waals surface area contributed by atoms with E-state index in [-0.39, 0.29) is 18.0 Å². The Labute approximate surface area is 161 Å². The van der Waals surface area contributed by atoms with E-state index in [1.165, 1.54) is 4.90 Å². The Hall–Kier alpha value is -2.34. The lowest BCUT2D eigenvalue weighted by molar-refractivity contribution is -0.00173. The van der Waals surface area contributed by atoms with Crippen LogP contribution in [0, 0.1) is 0 Å². The lowest BCUT2D eigenvalue weighted by Gasteiger charge is -2.31. The van der Waals surface area contributed by atoms with E-state index in [9.17, 15) is 9.59 Å². The van der Waals surface area contributed by atoms with Crippen molar-refractivity contribution in [3.8, 4) is 0 Å². The largest absolute Gasteiger partial charge is 0.444 e. The average molecular weight is 374 g/mol. The Kier molecular flexibility index (Phi) is 6.65. The van der Waals surface area contributed by atoms with Gasteiger partial charge in [-0.25, -0.2) is 4.79 Å². The minimum atomic E-state index is -0.547. The number of hydrogen-bond donors (Lipinski definition) is 0. The van der Waals surface area contributed by atoms with Crippen molar-refractivity contribution in [3.05, 3.63) is 47.2 Å². The topological polar surface area (TPSA) is 59.1 Å². The Morgan fingerprint density at radius 2 is 1.96 bits per heavy atom. The second kappa shape index (κ2) is 8.57. The van der Waals surface area contributed by atoms with Crippen molar-refractivity contribution < 1.29 is 19.1 Å². The summed E-state index contributed by atoms with van der Waals surface area (Å²) in [6.07, 6.45) is 3.33. The normalized spacial score (nSPS) is 16.7. The third-order valence-electron chi connectivity index (χ3n) is 4.16. The molecule has 1 unspecified atom stereocenters. The number of fused-ring (bicyclic) bond motifs is 1. The fourth-order valence-electron chi connectivity index (χ4n) is 2.93. The summed E-state index contributed by atoms with van der Waals surface area (Å²) < 4.78 is 11.3. The van der Waals surface area contributed by atoms with Gasteiger partial charge in [-0.05, 0) is 38.3 Å². The fourth-order valence-corrected chi connectivity index (χ4v) is 2.93. The van der Waals surface area contributed by atoms with Gasteiger partial charge in [-0.1, -0.05) is 18.2 Å². The summed E-state index contributed by atoms with van der Waals surface area (Å²) in [6, 6.07) is 5.68. The number of carbonyl (C=O) groups excluding carboxylic acids is 2. The first-order valence-corrected chi connectivity index (χ1v) is 9.15. The zero-order valence-corrected chi connectivity index (χ0v) is 17.1. The summed E-state index contributed by atoms with van der Waals surface area (Å²) >= 11 is 0. The van der Waals surface area contributed by atoms with Gasteiger partial charge in [0.1, 0.15) is 11.7 Å². The lowest BCUT2D eigenvalue weighted by atomic mass is 9.91. The van der Waals surface area contributed by atoms with Gasteiger partial charge in [0.05, 0.1) is 13.2 Å². The van der Waals surface area contributed by atoms with Crippen LogP contribution >= 0.6 is 0 Å². The number of carbonyl (C=O) groups is 2. The predicted molar refractivity (Wildman–Crippen MR) is 105 cm³/mol. The molecular weight excluding hydrogens is 344 g/mol. The molecule has 0 spiro atoms. The molecule has 0 radical (unpaired) electrons. The first-order valence-electron chi connectivity index (χ1n) is 9.15. The summed E-state index contributed by atoms with van der Waals surface area (Å²) in [5, 5.41) is 0. The van der Waals surface area contributed by atoms with Gasteiger partial charge < -0.3 is 19.3 Å². The van der Waals surface area contributed by atoms with Crippen LogP contribution in [0.15, 0.2) is 30.5 Å². The van der Waals surface area contributed by atoms with Crippen LogP contribution in [0.25, 0.3) is 0 Å². The molecule has 0 aliphatic carbocycles. The van der Waals surface area contributed by atoms with E-state index in [0.717, 1.165) is 11.1 Å². The van der Waals surface area contributed by atoms with Gasteiger partial charge >= 0.3 is 6.09 Å². The number of ketones is 1. The van der Waals surface area contributed by atoms with Crippen molar-refractivity contribution in [1.82, 2.24) is 9.80 Å². The number of amides is 1. The van der Waals surface area contributed by atoms with Crippen LogP contribution in [0.3, 0.4) is 0 Å². The molecule has 1 aliphatic rings. The highest BCUT2D eigenvalue weighted by Gasteiger charge is 2.28. The Morgan fingerprint density at radius 1 is 1.26 bits per heavy atom. The zero-order chi connectivity index (χ0) is 20.2. The highest BCUT2D eigenvalue weighted by Crippen LogP contribution is 2.30. The van der Waals surface area contributed by atoms with Gasteiger partial charge in [0, 0.05) is 39.0 Å². The molecule has 1 aromatic carbocycles. The van der Waals surface area contributed by atoms with Crippen molar-refractivity contribution in [2.75, 3.05) is 34.3 Å². The highest BCUT2D eigenvalue weighted by atomic mass is 16.6. The van der Waals surface area contributed by atoms with Crippen LogP contribution in [0.5, 0.6) is 0 Å². The van der Waals surface area contributed by atoms with Crippen molar-refractivity contribution in [2.24, 2.45) is 0 Å². The number of allylic oxidation sites excluding steroid dienone is 1. The van der Waals surface area contributed by atoms with Gasteiger partial charge in [-0.2, -0.15) is 0 Å². The monoisotopic (exact) mass is 374 g/mol. The molecule has 1 heterocycles. The molecule has 2 rings (SSSR count). The van der Waals surface area contributed by atoms with Crippen molar-refractivity contribution in [3.63, 3.8) is 0 Å². The maximum Gasteiger partial charge on any atom is 0.410 e. The Bertz CT molecular complexity index is 719. The third-order valence-corrected chi connectivity index (χ3v) is 4.16. The van der Waals surface area contributed by atoms with Crippen LogP contribution in [-0.2, 0) is 15.9 Å². The number of nitrogens with zero attached hydrogens (tertiary/aromatic N) is 2. The molecular formula is C21H30N2O4. The first-order chi connectivity index (χ1) is 12.6. The van der Waals surface area contributed by atoms with E-state index in [0.29, 0.717) is 25.1 Å². The smallest absolute Gasteiger partial charge is 0.410 e. The number of benzene rings is 1. The number of likely N-dealkylation sites (N-methyl/N-ethyl adjacent to an activating group) is 1. The van der Waals surface area contributed by atoms with E-state index in [1.807, 2.05) is 58.0 Å². The van der Waals surface area contributed by atoms with Gasteiger partial charge in [-0.3, -0.25) is 4.79 Å². The molecule has 6 nitrogen and oxygen atoms in total. The van der Waals surface area contributed by atoms with Gasteiger partial charge in [0.2, 0.25) is 0 Å². The van der Waals surface area contributed by atoms with E-state index >= 15 is 0 Å². The molecule has 0 fully saturated rings. The predicted octanol–water partition coefficient (Wildman–Crippen LogP) is 3.43. The summed E-state index contributed by atoms with van der Waals surface area (Å²) in [5.41, 5.74) is 2.11. The van der Waals surface area contributed by atoms with Crippen molar-refractivity contribution in [1.29, 1.82) is 0 Å². The molecule has 148 valence electrons. The Morgan fingerprint density at radius 3 is 2.59 bits per heavy atom. The van der Waals surface area contributed by atoms with Crippen LogP contribution in [0.2, 0.25) is 0 Å². The van der Waals surface area contributed by atoms with Gasteiger partial charge in [-0.15, -0.1) is 0 Å². The second-order valence-corrected chi connectivity index (χ2v) is 7.99. The minimum absolute atomic E-state index is 0.0262. The maximum atomic E-state index is 12.6. The van der Waals surface area contributed by atoms with E-state index in [2.05, 4.69) is 0 Å². The summed E-state index contributed by atoms with van der Waals surface area (Å²) in [5.74, 6) is -0.0262. The zero-order valence-electron chi connectivity index (χ0n) is 17.1. The van der Waals surface area contributed by atoms with Gasteiger partial charge in [0.25, 0.3) is 0 Å². The quantitative estimate of drug-likeness (QED) is 0.584. The molecule has 1 aliphatic heterocycles. The molecule has 0 saturated heterocycles. The number of ether oxygens (including phenoxy) is 2. The van der Waals surface area contributed by atoms with Gasteiger partial charge in [0.15, 0.2) is 5.78 Å². The second-order valence-electron chi connectivity index (χ2n) is 7.99. The van der Waals surface area contributed by atoms with Crippen molar-refractivity contribution in [2.45, 2.75) is 38.9 Å². The molecule has 1 aromatic rings. The van der Waals surface area contributed by atoms with E-state index < -0.39 is 5.60 Å². The minimum Gasteiger partial charge on any atom is -0.444 e. The molecule has 1 atom stereocenters. The number of rotatable bonds is 5. The lowest BCUT2D eigenvalue weighted by Crippen LogP contribution is -2.38. The molecule has 0 aromatic heterocycles. The summed E-state index contributed by atoms with van der Waals surface area (Å²) in [7, 11) is 5.45. The SMILES string of the molecule is CN(C)/C=C/C(=O)c1cccc2c1CCOC2CN(C)C(=O)OC(C)(C)C.